The van der Waals surface area contributed by atoms with E-state index in [9.17, 15) is 14.7 Å². The van der Waals surface area contributed by atoms with Crippen molar-refractivity contribution in [3.8, 4) is 17.0 Å². The standard InChI is InChI=1S/C18H18ClNO4/c1-4-11-16-12-7-14(19)15(24-3)6-10(12)5-9(2)20(16)8-13(17(11)21)18(22)23/h6-9H,4-5H2,1-3H3,(H,22,23). The number of aromatic carboxylic acids is 1. The summed E-state index contributed by atoms with van der Waals surface area (Å²) in [5, 5.41) is 9.80. The molecule has 1 aliphatic rings. The molecular weight excluding hydrogens is 330 g/mol. The first-order chi connectivity index (χ1) is 11.4. The van der Waals surface area contributed by atoms with Gasteiger partial charge < -0.3 is 14.4 Å². The maximum Gasteiger partial charge on any atom is 0.341 e. The number of carboxylic acid groups (broad SMARTS) is 1. The van der Waals surface area contributed by atoms with Gasteiger partial charge in [-0.25, -0.2) is 4.79 Å². The predicted molar refractivity (Wildman–Crippen MR) is 92.5 cm³/mol. The van der Waals surface area contributed by atoms with Gasteiger partial charge in [0.05, 0.1) is 17.8 Å². The van der Waals surface area contributed by atoms with Crippen LogP contribution in [0.25, 0.3) is 11.3 Å². The van der Waals surface area contributed by atoms with E-state index in [0.717, 1.165) is 16.8 Å². The van der Waals surface area contributed by atoms with Crippen molar-refractivity contribution < 1.29 is 14.6 Å². The largest absolute Gasteiger partial charge is 0.495 e. The summed E-state index contributed by atoms with van der Waals surface area (Å²) in [5.41, 5.74) is 2.55. The zero-order valence-electron chi connectivity index (χ0n) is 13.7. The van der Waals surface area contributed by atoms with E-state index < -0.39 is 11.4 Å². The quantitative estimate of drug-likeness (QED) is 0.921. The SMILES string of the molecule is CCc1c2n(cc(C(=O)O)c1=O)C(C)Cc1cc(OC)c(Cl)cc1-2. The van der Waals surface area contributed by atoms with Crippen molar-refractivity contribution in [2.75, 3.05) is 7.11 Å². The highest BCUT2D eigenvalue weighted by molar-refractivity contribution is 6.32. The van der Waals surface area contributed by atoms with Crippen LogP contribution in [0.3, 0.4) is 0 Å². The predicted octanol–water partition coefficient (Wildman–Crippen LogP) is 3.56. The maximum atomic E-state index is 12.6. The van der Waals surface area contributed by atoms with Gasteiger partial charge in [0.1, 0.15) is 11.3 Å². The Balaban J connectivity index is 2.39. The molecule has 1 aromatic carbocycles. The van der Waals surface area contributed by atoms with Gasteiger partial charge in [-0.3, -0.25) is 4.79 Å². The fourth-order valence-electron chi connectivity index (χ4n) is 3.38. The number of nitrogens with zero attached hydrogens (tertiary/aromatic N) is 1. The Kier molecular flexibility index (Phi) is 4.13. The monoisotopic (exact) mass is 347 g/mol. The van der Waals surface area contributed by atoms with E-state index in [-0.39, 0.29) is 11.6 Å². The zero-order valence-corrected chi connectivity index (χ0v) is 14.5. The summed E-state index contributed by atoms with van der Waals surface area (Å²) in [6, 6.07) is 3.72. The van der Waals surface area contributed by atoms with Crippen LogP contribution in [0, 0.1) is 0 Å². The second kappa shape index (κ2) is 5.98. The summed E-state index contributed by atoms with van der Waals surface area (Å²) in [7, 11) is 1.56. The van der Waals surface area contributed by atoms with Crippen LogP contribution in [-0.2, 0) is 12.8 Å². The highest BCUT2D eigenvalue weighted by atomic mass is 35.5. The molecule has 1 aliphatic heterocycles. The zero-order chi connectivity index (χ0) is 17.6. The van der Waals surface area contributed by atoms with Crippen LogP contribution in [0.4, 0.5) is 0 Å². The Hall–Kier alpha value is -2.27. The normalized spacial score (nSPS) is 15.6. The third kappa shape index (κ3) is 2.40. The van der Waals surface area contributed by atoms with Crippen LogP contribution in [0.5, 0.6) is 5.75 Å². The van der Waals surface area contributed by atoms with E-state index >= 15 is 0 Å². The number of hydrogen-bond donors (Lipinski definition) is 1. The van der Waals surface area contributed by atoms with Crippen LogP contribution >= 0.6 is 11.6 Å². The van der Waals surface area contributed by atoms with Crippen LogP contribution in [0.1, 0.15) is 41.4 Å². The number of hydrogen-bond acceptors (Lipinski definition) is 3. The van der Waals surface area contributed by atoms with E-state index in [4.69, 9.17) is 16.3 Å². The molecule has 2 heterocycles. The molecule has 0 aliphatic carbocycles. The molecule has 6 heteroatoms. The first-order valence-corrected chi connectivity index (χ1v) is 8.14. The Labute approximate surface area is 144 Å². The minimum Gasteiger partial charge on any atom is -0.495 e. The van der Waals surface area contributed by atoms with E-state index in [1.807, 2.05) is 24.5 Å². The summed E-state index contributed by atoms with van der Waals surface area (Å²) in [6.45, 7) is 3.86. The molecule has 0 radical (unpaired) electrons. The van der Waals surface area contributed by atoms with Crippen molar-refractivity contribution in [1.82, 2.24) is 4.57 Å². The Bertz CT molecular complexity index is 901. The van der Waals surface area contributed by atoms with Crippen LogP contribution in [-0.4, -0.2) is 22.8 Å². The number of carbonyl (C=O) groups is 1. The molecule has 3 rings (SSSR count). The Morgan fingerprint density at radius 2 is 2.17 bits per heavy atom. The summed E-state index contributed by atoms with van der Waals surface area (Å²) in [4.78, 5) is 24.0. The molecule has 126 valence electrons. The number of fused-ring (bicyclic) bond motifs is 3. The van der Waals surface area contributed by atoms with E-state index in [1.54, 1.807) is 13.2 Å². The minimum absolute atomic E-state index is 0.0300. The van der Waals surface area contributed by atoms with Gasteiger partial charge in [0.25, 0.3) is 0 Å². The fraction of sp³-hybridized carbons (Fsp3) is 0.333. The molecule has 0 fully saturated rings. The topological polar surface area (TPSA) is 68.5 Å². The van der Waals surface area contributed by atoms with Crippen molar-refractivity contribution >= 4 is 17.6 Å². The minimum atomic E-state index is -1.20. The number of halogens is 1. The Morgan fingerprint density at radius 1 is 1.46 bits per heavy atom. The van der Waals surface area contributed by atoms with Crippen molar-refractivity contribution in [2.24, 2.45) is 0 Å². The lowest BCUT2D eigenvalue weighted by Crippen LogP contribution is -2.28. The van der Waals surface area contributed by atoms with E-state index in [0.29, 0.717) is 29.2 Å². The van der Waals surface area contributed by atoms with Crippen molar-refractivity contribution in [3.63, 3.8) is 0 Å². The first-order valence-electron chi connectivity index (χ1n) is 7.77. The van der Waals surface area contributed by atoms with Gasteiger partial charge in [0.15, 0.2) is 5.43 Å². The van der Waals surface area contributed by atoms with Crippen molar-refractivity contribution in [3.05, 3.63) is 50.3 Å². The average molecular weight is 348 g/mol. The van der Waals surface area contributed by atoms with Crippen LogP contribution in [0.15, 0.2) is 23.1 Å². The second-order valence-electron chi connectivity index (χ2n) is 5.96. The van der Waals surface area contributed by atoms with Gasteiger partial charge in [0, 0.05) is 23.4 Å². The number of rotatable bonds is 3. The molecule has 1 unspecified atom stereocenters. The molecule has 5 nitrogen and oxygen atoms in total. The molecule has 2 aromatic rings. The first kappa shape index (κ1) is 16.6. The molecule has 24 heavy (non-hydrogen) atoms. The molecule has 0 bridgehead atoms. The molecule has 1 atom stereocenters. The number of pyridine rings is 1. The highest BCUT2D eigenvalue weighted by Gasteiger charge is 2.28. The molecular formula is C18H18ClNO4. The summed E-state index contributed by atoms with van der Waals surface area (Å²) in [5.74, 6) is -0.602. The van der Waals surface area contributed by atoms with E-state index in [2.05, 4.69) is 0 Å². The highest BCUT2D eigenvalue weighted by Crippen LogP contribution is 2.40. The summed E-state index contributed by atoms with van der Waals surface area (Å²) >= 11 is 6.27. The van der Waals surface area contributed by atoms with Gasteiger partial charge in [-0.1, -0.05) is 18.5 Å². The smallest absolute Gasteiger partial charge is 0.341 e. The second-order valence-corrected chi connectivity index (χ2v) is 6.37. The average Bonchev–Trinajstić information content (AvgIpc) is 2.54. The van der Waals surface area contributed by atoms with Gasteiger partial charge in [-0.15, -0.1) is 0 Å². The number of methoxy groups -OCH3 is 1. The lowest BCUT2D eigenvalue weighted by atomic mass is 9.89. The van der Waals surface area contributed by atoms with Gasteiger partial charge in [-0.05, 0) is 37.5 Å². The molecule has 1 N–H and O–H groups in total. The van der Waals surface area contributed by atoms with Crippen molar-refractivity contribution in [1.29, 1.82) is 0 Å². The molecule has 1 aromatic heterocycles. The number of carboxylic acids is 1. The van der Waals surface area contributed by atoms with Crippen molar-refractivity contribution in [2.45, 2.75) is 32.7 Å². The lowest BCUT2D eigenvalue weighted by molar-refractivity contribution is 0.0694. The Morgan fingerprint density at radius 3 is 2.75 bits per heavy atom. The third-order valence-corrected chi connectivity index (χ3v) is 4.83. The molecule has 0 amide bonds. The van der Waals surface area contributed by atoms with Gasteiger partial charge in [-0.2, -0.15) is 0 Å². The summed E-state index contributed by atoms with van der Waals surface area (Å²) < 4.78 is 7.17. The number of ether oxygens (including phenoxy) is 1. The third-order valence-electron chi connectivity index (χ3n) is 4.54. The maximum absolute atomic E-state index is 12.6. The molecule has 0 saturated carbocycles. The van der Waals surface area contributed by atoms with Crippen LogP contribution in [0.2, 0.25) is 5.02 Å². The number of aromatic nitrogens is 1. The summed E-state index contributed by atoms with van der Waals surface area (Å²) in [6.07, 6.45) is 2.61. The molecule has 0 saturated heterocycles. The molecule has 0 spiro atoms. The number of benzene rings is 1. The lowest BCUT2D eigenvalue weighted by Gasteiger charge is -2.30. The van der Waals surface area contributed by atoms with Crippen LogP contribution < -0.4 is 10.2 Å². The fourth-order valence-corrected chi connectivity index (χ4v) is 3.62. The van der Waals surface area contributed by atoms with Gasteiger partial charge >= 0.3 is 5.97 Å². The van der Waals surface area contributed by atoms with E-state index in [1.165, 1.54) is 6.20 Å². The van der Waals surface area contributed by atoms with Gasteiger partial charge in [0.2, 0.25) is 0 Å².